The Balaban J connectivity index is 2.42. The van der Waals surface area contributed by atoms with E-state index in [1.54, 1.807) is 6.07 Å². The van der Waals surface area contributed by atoms with Gasteiger partial charge in [-0.1, -0.05) is 51.1 Å². The monoisotopic (exact) mass is 349 g/mol. The summed E-state index contributed by atoms with van der Waals surface area (Å²) in [6.07, 6.45) is 5.84. The first-order valence-electron chi connectivity index (χ1n) is 8.53. The van der Waals surface area contributed by atoms with Gasteiger partial charge in [-0.15, -0.1) is 10.2 Å². The molecule has 0 aliphatic rings. The minimum Gasteiger partial charge on any atom is -0.382 e. The highest BCUT2D eigenvalue weighted by atomic mass is 35.5. The molecule has 0 radical (unpaired) electrons. The van der Waals surface area contributed by atoms with Crippen molar-refractivity contribution in [2.24, 2.45) is 0 Å². The highest BCUT2D eigenvalue weighted by Crippen LogP contribution is 2.37. The van der Waals surface area contributed by atoms with Crippen LogP contribution in [0.3, 0.4) is 0 Å². The highest BCUT2D eigenvalue weighted by Gasteiger charge is 2.20. The lowest BCUT2D eigenvalue weighted by atomic mass is 9.88. The van der Waals surface area contributed by atoms with Gasteiger partial charge in [0.05, 0.1) is 10.7 Å². The van der Waals surface area contributed by atoms with Crippen LogP contribution in [-0.2, 0) is 0 Å². The normalized spacial score (nSPS) is 12.4. The summed E-state index contributed by atoms with van der Waals surface area (Å²) in [5, 5.41) is 8.74. The van der Waals surface area contributed by atoms with Crippen LogP contribution in [0.15, 0.2) is 18.2 Å². The van der Waals surface area contributed by atoms with Crippen molar-refractivity contribution in [3.05, 3.63) is 40.2 Å². The van der Waals surface area contributed by atoms with Crippen LogP contribution in [0.1, 0.15) is 63.0 Å². The molecule has 130 valence electrons. The third-order valence-corrected chi connectivity index (χ3v) is 4.80. The molecule has 24 heavy (non-hydrogen) atoms. The van der Waals surface area contributed by atoms with Gasteiger partial charge in [-0.3, -0.25) is 0 Å². The number of rotatable bonds is 7. The predicted molar refractivity (Wildman–Crippen MR) is 98.8 cm³/mol. The molecule has 1 aromatic carbocycles. The SMILES string of the molecule is CCCCCCC(C)c1c(-c2cc(F)ccc2Cl)nnc(N)c1C. The summed E-state index contributed by atoms with van der Waals surface area (Å²) < 4.78 is 13.7. The quantitative estimate of drug-likeness (QED) is 0.633. The maximum absolute atomic E-state index is 13.7. The Labute approximate surface area is 148 Å². The Kier molecular flexibility index (Phi) is 6.55. The third-order valence-electron chi connectivity index (χ3n) is 4.47. The van der Waals surface area contributed by atoms with Crippen molar-refractivity contribution in [1.29, 1.82) is 0 Å². The Hall–Kier alpha value is -1.68. The minimum absolute atomic E-state index is 0.258. The second-order valence-electron chi connectivity index (χ2n) is 6.35. The summed E-state index contributed by atoms with van der Waals surface area (Å²) in [6, 6.07) is 4.31. The second kappa shape index (κ2) is 8.43. The average molecular weight is 350 g/mol. The summed E-state index contributed by atoms with van der Waals surface area (Å²) in [6.45, 7) is 6.30. The van der Waals surface area contributed by atoms with Crippen molar-refractivity contribution in [2.45, 2.75) is 58.8 Å². The van der Waals surface area contributed by atoms with Crippen molar-refractivity contribution < 1.29 is 4.39 Å². The molecule has 0 fully saturated rings. The van der Waals surface area contributed by atoms with Crippen molar-refractivity contribution in [1.82, 2.24) is 10.2 Å². The van der Waals surface area contributed by atoms with Crippen LogP contribution < -0.4 is 5.73 Å². The smallest absolute Gasteiger partial charge is 0.149 e. The standard InChI is InChI=1S/C19H25ClFN3/c1-4-5-6-7-8-12(2)17-13(3)19(22)24-23-18(17)15-11-14(21)9-10-16(15)20/h9-12H,4-8H2,1-3H3,(H2,22,24). The fourth-order valence-electron chi connectivity index (χ4n) is 3.05. The van der Waals surface area contributed by atoms with Gasteiger partial charge >= 0.3 is 0 Å². The predicted octanol–water partition coefficient (Wildman–Crippen LogP) is 5.90. The summed E-state index contributed by atoms with van der Waals surface area (Å²) in [4.78, 5) is 0. The molecule has 0 bridgehead atoms. The fraction of sp³-hybridized carbons (Fsp3) is 0.474. The molecule has 3 nitrogen and oxygen atoms in total. The van der Waals surface area contributed by atoms with Crippen molar-refractivity contribution in [3.8, 4) is 11.3 Å². The molecule has 0 saturated heterocycles. The van der Waals surface area contributed by atoms with E-state index < -0.39 is 0 Å². The molecule has 1 unspecified atom stereocenters. The zero-order chi connectivity index (χ0) is 17.7. The molecule has 0 spiro atoms. The Morgan fingerprint density at radius 1 is 1.21 bits per heavy atom. The first-order valence-corrected chi connectivity index (χ1v) is 8.91. The Morgan fingerprint density at radius 2 is 1.96 bits per heavy atom. The van der Waals surface area contributed by atoms with Gasteiger partial charge in [0, 0.05) is 5.56 Å². The maximum atomic E-state index is 13.7. The van der Waals surface area contributed by atoms with E-state index in [4.69, 9.17) is 17.3 Å². The van der Waals surface area contributed by atoms with Crippen molar-refractivity contribution in [2.75, 3.05) is 5.73 Å². The van der Waals surface area contributed by atoms with Crippen LogP contribution in [0.25, 0.3) is 11.3 Å². The number of nitrogens with two attached hydrogens (primary N) is 1. The Morgan fingerprint density at radius 3 is 2.67 bits per heavy atom. The molecule has 1 heterocycles. The molecule has 1 aromatic heterocycles. The molecular weight excluding hydrogens is 325 g/mol. The van der Waals surface area contributed by atoms with Gasteiger partial charge < -0.3 is 5.73 Å². The largest absolute Gasteiger partial charge is 0.382 e. The molecule has 0 saturated carbocycles. The fourth-order valence-corrected chi connectivity index (χ4v) is 3.26. The molecule has 0 aliphatic heterocycles. The molecule has 1 atom stereocenters. The zero-order valence-electron chi connectivity index (χ0n) is 14.6. The third kappa shape index (κ3) is 4.23. The number of anilines is 1. The van der Waals surface area contributed by atoms with Gasteiger partial charge in [-0.05, 0) is 48.6 Å². The minimum atomic E-state index is -0.341. The molecule has 0 amide bonds. The van der Waals surface area contributed by atoms with Gasteiger partial charge in [0.1, 0.15) is 11.6 Å². The average Bonchev–Trinajstić information content (AvgIpc) is 2.56. The number of nitrogen functional groups attached to an aromatic ring is 1. The van der Waals surface area contributed by atoms with Crippen molar-refractivity contribution >= 4 is 17.4 Å². The van der Waals surface area contributed by atoms with E-state index in [0.29, 0.717) is 22.1 Å². The number of hydrogen-bond acceptors (Lipinski definition) is 3. The van der Waals surface area contributed by atoms with Gasteiger partial charge in [-0.25, -0.2) is 4.39 Å². The number of hydrogen-bond donors (Lipinski definition) is 1. The van der Waals surface area contributed by atoms with Gasteiger partial charge in [0.25, 0.3) is 0 Å². The van der Waals surface area contributed by atoms with E-state index in [0.717, 1.165) is 24.0 Å². The van der Waals surface area contributed by atoms with E-state index in [2.05, 4.69) is 24.0 Å². The number of halogens is 2. The van der Waals surface area contributed by atoms with Crippen LogP contribution in [0.4, 0.5) is 10.2 Å². The van der Waals surface area contributed by atoms with Crippen molar-refractivity contribution in [3.63, 3.8) is 0 Å². The molecule has 5 heteroatoms. The van der Waals surface area contributed by atoms with E-state index in [9.17, 15) is 4.39 Å². The zero-order valence-corrected chi connectivity index (χ0v) is 15.3. The van der Waals surface area contributed by atoms with Gasteiger partial charge in [-0.2, -0.15) is 0 Å². The molecule has 2 N–H and O–H groups in total. The molecular formula is C19H25ClFN3. The van der Waals surface area contributed by atoms with Crippen LogP contribution in [0.2, 0.25) is 5.02 Å². The summed E-state index contributed by atoms with van der Waals surface area (Å²) in [5.41, 5.74) is 9.10. The van der Waals surface area contributed by atoms with Gasteiger partial charge in [0.15, 0.2) is 0 Å². The summed E-state index contributed by atoms with van der Waals surface area (Å²) in [7, 11) is 0. The number of unbranched alkanes of at least 4 members (excludes halogenated alkanes) is 3. The van der Waals surface area contributed by atoms with E-state index in [-0.39, 0.29) is 11.7 Å². The van der Waals surface area contributed by atoms with E-state index in [1.807, 2.05) is 6.92 Å². The molecule has 0 aliphatic carbocycles. The molecule has 2 rings (SSSR count). The topological polar surface area (TPSA) is 51.8 Å². The molecule has 2 aromatic rings. The summed E-state index contributed by atoms with van der Waals surface area (Å²) >= 11 is 6.28. The van der Waals surface area contributed by atoms with Gasteiger partial charge in [0.2, 0.25) is 0 Å². The number of nitrogens with zero attached hydrogens (tertiary/aromatic N) is 2. The summed E-state index contributed by atoms with van der Waals surface area (Å²) in [5.74, 6) is 0.336. The Bertz CT molecular complexity index is 703. The highest BCUT2D eigenvalue weighted by molar-refractivity contribution is 6.33. The maximum Gasteiger partial charge on any atom is 0.149 e. The van der Waals surface area contributed by atoms with Crippen LogP contribution in [-0.4, -0.2) is 10.2 Å². The van der Waals surface area contributed by atoms with Crippen LogP contribution in [0, 0.1) is 12.7 Å². The number of benzene rings is 1. The lowest BCUT2D eigenvalue weighted by Gasteiger charge is -2.19. The number of aromatic nitrogens is 2. The van der Waals surface area contributed by atoms with Crippen LogP contribution >= 0.6 is 11.6 Å². The first kappa shape index (κ1) is 18.7. The lowest BCUT2D eigenvalue weighted by molar-refractivity contribution is 0.577. The van der Waals surface area contributed by atoms with Crippen LogP contribution in [0.5, 0.6) is 0 Å². The van der Waals surface area contributed by atoms with E-state index in [1.165, 1.54) is 31.4 Å². The second-order valence-corrected chi connectivity index (χ2v) is 6.75. The lowest BCUT2D eigenvalue weighted by Crippen LogP contribution is -2.08. The van der Waals surface area contributed by atoms with E-state index >= 15 is 0 Å². The first-order chi connectivity index (χ1) is 11.5.